The fourth-order valence-electron chi connectivity index (χ4n) is 7.50. The maximum absolute atomic E-state index is 14.3. The Hall–Kier alpha value is -7.61. The van der Waals surface area contributed by atoms with Gasteiger partial charge in [0, 0.05) is 32.2 Å². The van der Waals surface area contributed by atoms with Gasteiger partial charge in [-0.2, -0.15) is 11.8 Å². The van der Waals surface area contributed by atoms with Crippen molar-refractivity contribution in [1.29, 1.82) is 0 Å². The molecule has 9 amide bonds. The van der Waals surface area contributed by atoms with Crippen LogP contribution in [-0.4, -0.2) is 158 Å². The van der Waals surface area contributed by atoms with Gasteiger partial charge in [-0.3, -0.25) is 52.7 Å². The molecule has 0 unspecified atom stereocenters. The molecule has 0 saturated carbocycles. The minimum absolute atomic E-state index is 0.0128. The lowest BCUT2D eigenvalue weighted by Gasteiger charge is -2.30. The Morgan fingerprint density at radius 3 is 1.56 bits per heavy atom. The summed E-state index contributed by atoms with van der Waals surface area (Å²) >= 11 is 1.28. The second-order valence-electron chi connectivity index (χ2n) is 16.9. The first-order valence-corrected chi connectivity index (χ1v) is 24.2. The molecule has 2 aromatic rings. The molecule has 1 fully saturated rings. The number of primary amides is 2. The van der Waals surface area contributed by atoms with Gasteiger partial charge in [0.15, 0.2) is 0 Å². The van der Waals surface area contributed by atoms with Crippen molar-refractivity contribution >= 4 is 82.8 Å². The van der Waals surface area contributed by atoms with Crippen molar-refractivity contribution < 1.29 is 72.9 Å². The molecule has 392 valence electrons. The molecule has 0 bridgehead atoms. The number of nitrogens with zero attached hydrogens (tertiary/aromatic N) is 1. The number of hydrogen-bond acceptors (Lipinski definition) is 14. The molecular weight excluding hydrogens is 965 g/mol. The van der Waals surface area contributed by atoms with E-state index in [9.17, 15) is 72.9 Å². The van der Waals surface area contributed by atoms with Crippen molar-refractivity contribution in [3.05, 3.63) is 71.8 Å². The van der Waals surface area contributed by atoms with Crippen LogP contribution in [0.25, 0.3) is 0 Å². The van der Waals surface area contributed by atoms with Crippen molar-refractivity contribution in [1.82, 2.24) is 36.8 Å². The normalized spacial score (nSPS) is 15.9. The van der Waals surface area contributed by atoms with Crippen molar-refractivity contribution in [2.24, 2.45) is 17.2 Å². The molecule has 0 aromatic heterocycles. The van der Waals surface area contributed by atoms with Crippen LogP contribution in [-0.2, 0) is 70.4 Å². The Balaban J connectivity index is 1.92. The maximum Gasteiger partial charge on any atom is 0.326 e. The van der Waals surface area contributed by atoms with Gasteiger partial charge in [-0.15, -0.1) is 0 Å². The molecule has 25 nitrogen and oxygen atoms in total. The number of carbonyl (C=O) groups is 12. The van der Waals surface area contributed by atoms with Crippen LogP contribution in [0.4, 0.5) is 0 Å². The fraction of sp³-hybridized carbons (Fsp3) is 0.478. The van der Waals surface area contributed by atoms with Crippen LogP contribution in [0.2, 0.25) is 0 Å². The predicted molar refractivity (Wildman–Crippen MR) is 257 cm³/mol. The molecule has 2 aromatic carbocycles. The van der Waals surface area contributed by atoms with Gasteiger partial charge in [-0.25, -0.2) is 4.79 Å². The highest BCUT2D eigenvalue weighted by atomic mass is 32.2. The average Bonchev–Trinajstić information content (AvgIpc) is 3.83. The summed E-state index contributed by atoms with van der Waals surface area (Å²) in [4.78, 5) is 156. The van der Waals surface area contributed by atoms with E-state index in [0.29, 0.717) is 17.5 Å². The first-order valence-electron chi connectivity index (χ1n) is 22.8. The number of thioether (sulfide) groups is 1. The minimum atomic E-state index is -1.88. The van der Waals surface area contributed by atoms with E-state index in [1.807, 2.05) is 0 Å². The van der Waals surface area contributed by atoms with Crippen LogP contribution >= 0.6 is 11.8 Å². The van der Waals surface area contributed by atoms with E-state index in [0.717, 1.165) is 4.90 Å². The summed E-state index contributed by atoms with van der Waals surface area (Å²) in [5.41, 5.74) is 17.4. The second-order valence-corrected chi connectivity index (χ2v) is 17.9. The van der Waals surface area contributed by atoms with Gasteiger partial charge in [0.2, 0.25) is 53.2 Å². The van der Waals surface area contributed by atoms with Crippen molar-refractivity contribution in [3.63, 3.8) is 0 Å². The Morgan fingerprint density at radius 1 is 0.583 bits per heavy atom. The molecule has 72 heavy (non-hydrogen) atoms. The topological polar surface area (TPSA) is 419 Å². The zero-order valence-corrected chi connectivity index (χ0v) is 40.2. The number of benzene rings is 2. The number of carboxylic acids is 3. The molecule has 15 N–H and O–H groups in total. The number of carbonyl (C=O) groups excluding carboxylic acids is 9. The largest absolute Gasteiger partial charge is 0.481 e. The van der Waals surface area contributed by atoms with E-state index in [2.05, 4.69) is 31.9 Å². The summed E-state index contributed by atoms with van der Waals surface area (Å²) < 4.78 is 0. The molecule has 0 spiro atoms. The second kappa shape index (κ2) is 29.5. The van der Waals surface area contributed by atoms with Crippen LogP contribution in [0.5, 0.6) is 0 Å². The van der Waals surface area contributed by atoms with E-state index < -0.39 is 139 Å². The molecule has 0 aliphatic carbocycles. The highest BCUT2D eigenvalue weighted by Gasteiger charge is 2.40. The van der Waals surface area contributed by atoms with E-state index in [1.54, 1.807) is 66.9 Å². The Kier molecular flexibility index (Phi) is 24.1. The highest BCUT2D eigenvalue weighted by molar-refractivity contribution is 7.98. The van der Waals surface area contributed by atoms with Gasteiger partial charge in [0.1, 0.15) is 42.3 Å². The van der Waals surface area contributed by atoms with Crippen LogP contribution < -0.4 is 49.1 Å². The monoisotopic (exact) mass is 1030 g/mol. The highest BCUT2D eigenvalue weighted by Crippen LogP contribution is 2.21. The average molecular weight is 1030 g/mol. The van der Waals surface area contributed by atoms with Crippen molar-refractivity contribution in [3.8, 4) is 0 Å². The van der Waals surface area contributed by atoms with Gasteiger partial charge in [0.25, 0.3) is 0 Å². The summed E-state index contributed by atoms with van der Waals surface area (Å²) in [6, 6.07) is 4.44. The number of aliphatic carboxylic acids is 3. The summed E-state index contributed by atoms with van der Waals surface area (Å²) in [7, 11) is 0. The van der Waals surface area contributed by atoms with Crippen molar-refractivity contribution in [2.75, 3.05) is 18.6 Å². The number of carboxylic acid groups (broad SMARTS) is 3. The number of nitrogens with two attached hydrogens (primary N) is 3. The molecule has 1 aliphatic rings. The molecule has 0 radical (unpaired) electrons. The van der Waals surface area contributed by atoms with Gasteiger partial charge in [-0.1, -0.05) is 60.7 Å². The molecule has 26 heteroatoms. The molecule has 3 rings (SSSR count). The lowest BCUT2D eigenvalue weighted by Crippen LogP contribution is -2.61. The van der Waals surface area contributed by atoms with E-state index in [-0.39, 0.29) is 57.2 Å². The van der Waals surface area contributed by atoms with Crippen LogP contribution in [0.15, 0.2) is 60.7 Å². The lowest BCUT2D eigenvalue weighted by molar-refractivity contribution is -0.148. The van der Waals surface area contributed by atoms with Gasteiger partial charge < -0.3 is 69.3 Å². The summed E-state index contributed by atoms with van der Waals surface area (Å²) in [6.45, 7) is 0.0128. The third-order valence-electron chi connectivity index (χ3n) is 11.3. The predicted octanol–water partition coefficient (Wildman–Crippen LogP) is -2.98. The number of nitrogens with one attached hydrogen (secondary N) is 6. The molecule has 8 atom stereocenters. The van der Waals surface area contributed by atoms with Gasteiger partial charge in [-0.05, 0) is 55.2 Å². The Bertz CT molecular complexity index is 2270. The first kappa shape index (κ1) is 58.7. The van der Waals surface area contributed by atoms with Gasteiger partial charge >= 0.3 is 17.9 Å². The quantitative estimate of drug-likeness (QED) is 0.0358. The van der Waals surface area contributed by atoms with Crippen molar-refractivity contribution in [2.45, 2.75) is 119 Å². The molecule has 1 aliphatic heterocycles. The summed E-state index contributed by atoms with van der Waals surface area (Å²) in [5.74, 6) is -12.7. The number of amides is 9. The molecule has 1 heterocycles. The molecule has 1 saturated heterocycles. The Morgan fingerprint density at radius 2 is 1.03 bits per heavy atom. The first-order chi connectivity index (χ1) is 34.1. The zero-order chi connectivity index (χ0) is 53.5. The van der Waals surface area contributed by atoms with E-state index in [4.69, 9.17) is 17.2 Å². The van der Waals surface area contributed by atoms with E-state index in [1.165, 1.54) is 11.8 Å². The zero-order valence-electron chi connectivity index (χ0n) is 39.4. The van der Waals surface area contributed by atoms with Crippen LogP contribution in [0, 0.1) is 0 Å². The third-order valence-corrected chi connectivity index (χ3v) is 11.9. The molecular formula is C46H62N10O15S. The fourth-order valence-corrected chi connectivity index (χ4v) is 7.97. The minimum Gasteiger partial charge on any atom is -0.481 e. The van der Waals surface area contributed by atoms with Crippen LogP contribution in [0.3, 0.4) is 0 Å². The summed E-state index contributed by atoms with van der Waals surface area (Å²) in [6.07, 6.45) is -1.51. The van der Waals surface area contributed by atoms with E-state index >= 15 is 0 Å². The maximum atomic E-state index is 14.3. The lowest BCUT2D eigenvalue weighted by atomic mass is 10.0. The Labute approximate surface area is 417 Å². The standard InChI is InChI=1S/C46H62N10O15S/c1-72-20-18-29(41(65)54-32(22-26-11-6-3-7-12-26)45(69)56-19-8-13-34(56)44(68)55-33(46(70)71)24-38(61)62)51-43(67)31(23-37(59)60)53-42(66)30(21-25-9-4-2-5-10-25)52-40(64)28(15-17-36(49)58)50-39(63)27(47)14-16-35(48)57/h2-7,9-12,27-34H,8,13-24,47H2,1H3,(H2,48,57)(H2,49,58)(H,50,63)(H,51,67)(H,52,64)(H,53,66)(H,54,65)(H,55,68)(H,59,60)(H,61,62)(H,70,71)/t27-,28-,29-,30-,31-,32-,33-,34-/m0/s1. The number of hydrogen-bond donors (Lipinski definition) is 12. The third kappa shape index (κ3) is 20.0. The number of rotatable bonds is 31. The number of likely N-dealkylation sites (tertiary alicyclic amines) is 1. The van der Waals surface area contributed by atoms with Crippen LogP contribution in [0.1, 0.15) is 68.9 Å². The summed E-state index contributed by atoms with van der Waals surface area (Å²) in [5, 5.41) is 43.1. The smallest absolute Gasteiger partial charge is 0.326 e. The van der Waals surface area contributed by atoms with Gasteiger partial charge in [0.05, 0.1) is 18.9 Å². The SMILES string of the molecule is CSCC[C@H](NC(=O)[C@H](CC(=O)O)NC(=O)[C@H](Cc1ccccc1)NC(=O)[C@H](CCC(N)=O)NC(=O)[C@@H](N)CCC(N)=O)C(=O)N[C@@H](Cc1ccccc1)C(=O)N1CCC[C@H]1C(=O)N[C@@H](CC(=O)O)C(=O)O.